The molecular weight excluding hydrogens is 311 g/mol. The van der Waals surface area contributed by atoms with Gasteiger partial charge in [-0.25, -0.2) is 4.39 Å². The lowest BCUT2D eigenvalue weighted by atomic mass is 9.94. The van der Waals surface area contributed by atoms with Gasteiger partial charge in [0.2, 0.25) is 0 Å². The van der Waals surface area contributed by atoms with Crippen molar-refractivity contribution in [2.24, 2.45) is 5.92 Å². The van der Waals surface area contributed by atoms with Crippen LogP contribution in [0.2, 0.25) is 0 Å². The molecule has 0 spiro atoms. The lowest BCUT2D eigenvalue weighted by Gasteiger charge is -2.35. The number of amides is 1. The second kappa shape index (κ2) is 6.01. The van der Waals surface area contributed by atoms with Crippen molar-refractivity contribution < 1.29 is 9.18 Å². The third kappa shape index (κ3) is 3.34. The smallest absolute Gasteiger partial charge is 0.255 e. The summed E-state index contributed by atoms with van der Waals surface area (Å²) >= 11 is 3.23. The van der Waals surface area contributed by atoms with E-state index in [0.717, 1.165) is 19.5 Å². The van der Waals surface area contributed by atoms with E-state index >= 15 is 0 Å². The van der Waals surface area contributed by atoms with E-state index in [9.17, 15) is 9.18 Å². The maximum absolute atomic E-state index is 13.7. The van der Waals surface area contributed by atoms with Crippen LogP contribution in [0.5, 0.6) is 0 Å². The summed E-state index contributed by atoms with van der Waals surface area (Å²) in [7, 11) is 2.07. The van der Waals surface area contributed by atoms with Crippen LogP contribution in [-0.4, -0.2) is 37.0 Å². The van der Waals surface area contributed by atoms with Gasteiger partial charge in [0.05, 0.1) is 5.56 Å². The summed E-state index contributed by atoms with van der Waals surface area (Å²) in [4.78, 5) is 14.4. The molecule has 1 aromatic rings. The minimum absolute atomic E-state index is 0.0913. The first-order valence-corrected chi connectivity index (χ1v) is 7.21. The Morgan fingerprint density at radius 2 is 2.26 bits per heavy atom. The SMILES string of the molecule is CC1CN(C)CCC1NC(=O)c1c(F)cccc1Br. The van der Waals surface area contributed by atoms with Crippen LogP contribution in [-0.2, 0) is 0 Å². The minimum atomic E-state index is -0.493. The quantitative estimate of drug-likeness (QED) is 0.905. The number of nitrogens with one attached hydrogen (secondary N) is 1. The Labute approximate surface area is 121 Å². The summed E-state index contributed by atoms with van der Waals surface area (Å²) < 4.78 is 14.2. The van der Waals surface area contributed by atoms with Crippen LogP contribution in [0.25, 0.3) is 0 Å². The van der Waals surface area contributed by atoms with Crippen LogP contribution in [0.4, 0.5) is 4.39 Å². The van der Waals surface area contributed by atoms with Crippen molar-refractivity contribution in [2.45, 2.75) is 19.4 Å². The highest BCUT2D eigenvalue weighted by molar-refractivity contribution is 9.10. The Kier molecular flexibility index (Phi) is 4.58. The van der Waals surface area contributed by atoms with Gasteiger partial charge in [0.1, 0.15) is 5.82 Å². The van der Waals surface area contributed by atoms with Gasteiger partial charge < -0.3 is 10.2 Å². The molecule has 2 unspecified atom stereocenters. The average molecular weight is 329 g/mol. The van der Waals surface area contributed by atoms with Crippen molar-refractivity contribution in [3.8, 4) is 0 Å². The molecule has 1 N–H and O–H groups in total. The number of likely N-dealkylation sites (tertiary alicyclic amines) is 1. The van der Waals surface area contributed by atoms with Crippen molar-refractivity contribution in [1.29, 1.82) is 0 Å². The summed E-state index contributed by atoms with van der Waals surface area (Å²) in [6.45, 7) is 4.01. The van der Waals surface area contributed by atoms with Gasteiger partial charge in [-0.05, 0) is 54.0 Å². The van der Waals surface area contributed by atoms with E-state index in [4.69, 9.17) is 0 Å². The summed E-state index contributed by atoms with van der Waals surface area (Å²) in [5.41, 5.74) is 0.0913. The molecule has 1 aliphatic heterocycles. The van der Waals surface area contributed by atoms with E-state index in [0.29, 0.717) is 10.4 Å². The van der Waals surface area contributed by atoms with Gasteiger partial charge in [0.25, 0.3) is 5.91 Å². The molecule has 1 fully saturated rings. The molecule has 0 radical (unpaired) electrons. The van der Waals surface area contributed by atoms with E-state index in [2.05, 4.69) is 40.1 Å². The number of piperidine rings is 1. The Morgan fingerprint density at radius 1 is 1.53 bits per heavy atom. The lowest BCUT2D eigenvalue weighted by molar-refractivity contribution is 0.0879. The molecule has 0 bridgehead atoms. The maximum atomic E-state index is 13.7. The first-order valence-electron chi connectivity index (χ1n) is 6.42. The van der Waals surface area contributed by atoms with Crippen molar-refractivity contribution in [3.63, 3.8) is 0 Å². The third-order valence-electron chi connectivity index (χ3n) is 3.61. The molecule has 104 valence electrons. The summed E-state index contributed by atoms with van der Waals surface area (Å²) in [5.74, 6) is -0.466. The number of carbonyl (C=O) groups is 1. The lowest BCUT2D eigenvalue weighted by Crippen LogP contribution is -2.49. The van der Waals surface area contributed by atoms with Gasteiger partial charge >= 0.3 is 0 Å². The molecule has 0 saturated carbocycles. The zero-order valence-electron chi connectivity index (χ0n) is 11.1. The monoisotopic (exact) mass is 328 g/mol. The number of rotatable bonds is 2. The normalized spacial score (nSPS) is 24.2. The molecular formula is C14H18BrFN2O. The largest absolute Gasteiger partial charge is 0.349 e. The predicted molar refractivity (Wildman–Crippen MR) is 76.6 cm³/mol. The van der Waals surface area contributed by atoms with Gasteiger partial charge in [0.15, 0.2) is 0 Å². The summed E-state index contributed by atoms with van der Waals surface area (Å²) in [5, 5.41) is 2.95. The van der Waals surface area contributed by atoms with E-state index in [1.807, 2.05) is 0 Å². The van der Waals surface area contributed by atoms with Crippen molar-refractivity contribution in [2.75, 3.05) is 20.1 Å². The highest BCUT2D eigenvalue weighted by Gasteiger charge is 2.27. The van der Waals surface area contributed by atoms with Gasteiger partial charge in [-0.2, -0.15) is 0 Å². The molecule has 0 aliphatic carbocycles. The third-order valence-corrected chi connectivity index (χ3v) is 4.28. The number of halogens is 2. The molecule has 1 aromatic carbocycles. The number of hydrogen-bond acceptors (Lipinski definition) is 2. The molecule has 1 heterocycles. The van der Waals surface area contributed by atoms with Gasteiger partial charge in [0, 0.05) is 17.1 Å². The zero-order valence-corrected chi connectivity index (χ0v) is 12.7. The van der Waals surface area contributed by atoms with Crippen LogP contribution in [0.3, 0.4) is 0 Å². The van der Waals surface area contributed by atoms with Crippen molar-refractivity contribution in [3.05, 3.63) is 34.1 Å². The van der Waals surface area contributed by atoms with Crippen molar-refractivity contribution in [1.82, 2.24) is 10.2 Å². The minimum Gasteiger partial charge on any atom is -0.349 e. The molecule has 0 aromatic heterocycles. The van der Waals surface area contributed by atoms with Crippen molar-refractivity contribution >= 4 is 21.8 Å². The molecule has 1 amide bonds. The van der Waals surface area contributed by atoms with Crippen LogP contribution < -0.4 is 5.32 Å². The maximum Gasteiger partial charge on any atom is 0.255 e. The fourth-order valence-corrected chi connectivity index (χ4v) is 3.05. The predicted octanol–water partition coefficient (Wildman–Crippen LogP) is 2.66. The fraction of sp³-hybridized carbons (Fsp3) is 0.500. The highest BCUT2D eigenvalue weighted by atomic mass is 79.9. The number of hydrogen-bond donors (Lipinski definition) is 1. The van der Waals surface area contributed by atoms with E-state index < -0.39 is 5.82 Å². The molecule has 1 saturated heterocycles. The highest BCUT2D eigenvalue weighted by Crippen LogP contribution is 2.21. The van der Waals surface area contributed by atoms with E-state index in [-0.39, 0.29) is 17.5 Å². The molecule has 2 rings (SSSR count). The Bertz CT molecular complexity index is 460. The number of carbonyl (C=O) groups excluding carboxylic acids is 1. The second-order valence-corrected chi connectivity index (χ2v) is 6.06. The van der Waals surface area contributed by atoms with E-state index in [1.54, 1.807) is 12.1 Å². The standard InChI is InChI=1S/C14H18BrFN2O/c1-9-8-18(2)7-6-12(9)17-14(19)13-10(15)4-3-5-11(13)16/h3-5,9,12H,6-8H2,1-2H3,(H,17,19). The van der Waals surface area contributed by atoms with Crippen LogP contribution in [0.15, 0.2) is 22.7 Å². The molecule has 5 heteroatoms. The fourth-order valence-electron chi connectivity index (χ4n) is 2.52. The van der Waals surface area contributed by atoms with Gasteiger partial charge in [-0.1, -0.05) is 13.0 Å². The molecule has 1 aliphatic rings. The molecule has 2 atom stereocenters. The van der Waals surface area contributed by atoms with Crippen LogP contribution >= 0.6 is 15.9 Å². The number of benzene rings is 1. The first kappa shape index (κ1) is 14.5. The van der Waals surface area contributed by atoms with Crippen LogP contribution in [0, 0.1) is 11.7 Å². The van der Waals surface area contributed by atoms with Crippen LogP contribution in [0.1, 0.15) is 23.7 Å². The van der Waals surface area contributed by atoms with Gasteiger partial charge in [-0.3, -0.25) is 4.79 Å². The Morgan fingerprint density at radius 3 is 2.89 bits per heavy atom. The Balaban J connectivity index is 2.09. The zero-order chi connectivity index (χ0) is 14.0. The molecule has 3 nitrogen and oxygen atoms in total. The molecule has 19 heavy (non-hydrogen) atoms. The summed E-state index contributed by atoms with van der Waals surface area (Å²) in [6, 6.07) is 4.66. The second-order valence-electron chi connectivity index (χ2n) is 5.20. The first-order chi connectivity index (χ1) is 8.99. The van der Waals surface area contributed by atoms with E-state index in [1.165, 1.54) is 6.07 Å². The Hall–Kier alpha value is -0.940. The topological polar surface area (TPSA) is 32.3 Å². The average Bonchev–Trinajstić information content (AvgIpc) is 2.32. The number of nitrogens with zero attached hydrogens (tertiary/aromatic N) is 1. The van der Waals surface area contributed by atoms with Gasteiger partial charge in [-0.15, -0.1) is 0 Å². The summed E-state index contributed by atoms with van der Waals surface area (Å²) in [6.07, 6.45) is 0.898.